The molecule has 1 saturated heterocycles. The fourth-order valence-electron chi connectivity index (χ4n) is 3.87. The Kier molecular flexibility index (Phi) is 5.35. The molecule has 30 heavy (non-hydrogen) atoms. The molecule has 2 heterocycles. The molecule has 0 unspecified atom stereocenters. The highest BCUT2D eigenvalue weighted by atomic mass is 16.6. The summed E-state index contributed by atoms with van der Waals surface area (Å²) in [5.41, 5.74) is 1.07. The quantitative estimate of drug-likeness (QED) is 0.563. The Bertz CT molecular complexity index is 963. The van der Waals surface area contributed by atoms with E-state index in [1.54, 1.807) is 53.4 Å². The van der Waals surface area contributed by atoms with Crippen LogP contribution in [0.15, 0.2) is 54.6 Å². The molecule has 2 aliphatic heterocycles. The number of ether oxygens (including phenoxy) is 1. The molecule has 0 saturated carbocycles. The van der Waals surface area contributed by atoms with Crippen LogP contribution in [0.2, 0.25) is 0 Å². The summed E-state index contributed by atoms with van der Waals surface area (Å²) in [6, 6.07) is 14.1. The van der Waals surface area contributed by atoms with Crippen LogP contribution >= 0.6 is 0 Å². The monoisotopic (exact) mass is 406 g/mol. The number of carbonyl (C=O) groups is 4. The second-order valence-electron chi connectivity index (χ2n) is 7.46. The number of benzene rings is 2. The first kappa shape index (κ1) is 19.8. The molecule has 0 radical (unpaired) electrons. The molecule has 3 amide bonds. The molecule has 2 aromatic carbocycles. The number of likely N-dealkylation sites (tertiary alicyclic amines) is 1. The van der Waals surface area contributed by atoms with Crippen molar-refractivity contribution < 1.29 is 23.9 Å². The van der Waals surface area contributed by atoms with E-state index in [2.05, 4.69) is 0 Å². The van der Waals surface area contributed by atoms with E-state index >= 15 is 0 Å². The first-order chi connectivity index (χ1) is 14.5. The van der Waals surface area contributed by atoms with Gasteiger partial charge in [-0.3, -0.25) is 19.3 Å². The lowest BCUT2D eigenvalue weighted by molar-refractivity contribution is -0.163. The van der Waals surface area contributed by atoms with Gasteiger partial charge in [0.1, 0.15) is 6.04 Å². The number of carbonyl (C=O) groups excluding carboxylic acids is 4. The van der Waals surface area contributed by atoms with Crippen LogP contribution in [0.4, 0.5) is 0 Å². The van der Waals surface area contributed by atoms with E-state index in [0.717, 1.165) is 17.7 Å². The fourth-order valence-corrected chi connectivity index (χ4v) is 3.87. The van der Waals surface area contributed by atoms with Crippen molar-refractivity contribution >= 4 is 23.7 Å². The zero-order valence-electron chi connectivity index (χ0n) is 16.6. The molecule has 1 fully saturated rings. The molecule has 7 heteroatoms. The molecule has 2 atom stereocenters. The normalized spacial score (nSPS) is 17.6. The summed E-state index contributed by atoms with van der Waals surface area (Å²) in [4.78, 5) is 53.9. The van der Waals surface area contributed by atoms with Crippen molar-refractivity contribution in [3.05, 3.63) is 71.3 Å². The van der Waals surface area contributed by atoms with E-state index in [1.165, 1.54) is 6.92 Å². The predicted octanol–water partition coefficient (Wildman–Crippen LogP) is 2.58. The Morgan fingerprint density at radius 1 is 0.867 bits per heavy atom. The highest BCUT2D eigenvalue weighted by Crippen LogP contribution is 2.27. The Labute approximate surface area is 174 Å². The van der Waals surface area contributed by atoms with Gasteiger partial charge in [-0.1, -0.05) is 42.5 Å². The van der Waals surface area contributed by atoms with Crippen molar-refractivity contribution in [1.82, 2.24) is 9.80 Å². The SMILES string of the molecule is C[C@H](C(=O)O[C@@H](C(=O)N1CCCC1)c1ccccc1)N1C(=O)c2ccccc2C1=O. The molecule has 154 valence electrons. The van der Waals surface area contributed by atoms with Gasteiger partial charge in [-0.2, -0.15) is 0 Å². The van der Waals surface area contributed by atoms with Gasteiger partial charge in [-0.15, -0.1) is 0 Å². The number of imide groups is 1. The van der Waals surface area contributed by atoms with Gasteiger partial charge < -0.3 is 9.64 Å². The van der Waals surface area contributed by atoms with Crippen LogP contribution in [0.5, 0.6) is 0 Å². The van der Waals surface area contributed by atoms with Crippen LogP contribution in [0.3, 0.4) is 0 Å². The van der Waals surface area contributed by atoms with Crippen LogP contribution in [0.1, 0.15) is 52.1 Å². The lowest BCUT2D eigenvalue weighted by Crippen LogP contribution is -2.45. The van der Waals surface area contributed by atoms with Crippen molar-refractivity contribution in [1.29, 1.82) is 0 Å². The highest BCUT2D eigenvalue weighted by Gasteiger charge is 2.42. The van der Waals surface area contributed by atoms with Gasteiger partial charge in [-0.05, 0) is 31.9 Å². The summed E-state index contributed by atoms with van der Waals surface area (Å²) in [5.74, 6) is -2.17. The summed E-state index contributed by atoms with van der Waals surface area (Å²) < 4.78 is 5.60. The van der Waals surface area contributed by atoms with Crippen LogP contribution < -0.4 is 0 Å². The van der Waals surface area contributed by atoms with E-state index < -0.39 is 29.9 Å². The highest BCUT2D eigenvalue weighted by molar-refractivity contribution is 6.22. The molecule has 0 aliphatic carbocycles. The van der Waals surface area contributed by atoms with Gasteiger partial charge in [-0.25, -0.2) is 4.79 Å². The average molecular weight is 406 g/mol. The first-order valence-electron chi connectivity index (χ1n) is 10.00. The smallest absolute Gasteiger partial charge is 0.330 e. The number of hydrogen-bond donors (Lipinski definition) is 0. The Balaban J connectivity index is 1.56. The maximum atomic E-state index is 13.0. The summed E-state index contributed by atoms with van der Waals surface area (Å²) >= 11 is 0. The van der Waals surface area contributed by atoms with Crippen molar-refractivity contribution in [3.8, 4) is 0 Å². The number of amides is 3. The van der Waals surface area contributed by atoms with Gasteiger partial charge in [0.2, 0.25) is 6.10 Å². The summed E-state index contributed by atoms with van der Waals surface area (Å²) in [6.07, 6.45) is 0.702. The second kappa shape index (κ2) is 8.10. The molecule has 0 bridgehead atoms. The Hall–Kier alpha value is -3.48. The third-order valence-electron chi connectivity index (χ3n) is 5.53. The Morgan fingerprint density at radius 2 is 1.40 bits per heavy atom. The molecule has 4 rings (SSSR count). The van der Waals surface area contributed by atoms with Crippen LogP contribution in [0, 0.1) is 0 Å². The lowest BCUT2D eigenvalue weighted by Gasteiger charge is -2.26. The number of rotatable bonds is 5. The molecule has 2 aromatic rings. The molecular weight excluding hydrogens is 384 g/mol. The van der Waals surface area contributed by atoms with Crippen molar-refractivity contribution in [3.63, 3.8) is 0 Å². The molecule has 2 aliphatic rings. The largest absolute Gasteiger partial charge is 0.446 e. The van der Waals surface area contributed by atoms with E-state index in [0.29, 0.717) is 18.7 Å². The third-order valence-corrected chi connectivity index (χ3v) is 5.53. The minimum Gasteiger partial charge on any atom is -0.446 e. The maximum Gasteiger partial charge on any atom is 0.330 e. The van der Waals surface area contributed by atoms with E-state index in [4.69, 9.17) is 4.74 Å². The van der Waals surface area contributed by atoms with E-state index in [9.17, 15) is 19.2 Å². The zero-order valence-corrected chi connectivity index (χ0v) is 16.6. The minimum absolute atomic E-state index is 0.259. The molecule has 0 N–H and O–H groups in total. The zero-order chi connectivity index (χ0) is 21.3. The lowest BCUT2D eigenvalue weighted by atomic mass is 10.1. The van der Waals surface area contributed by atoms with E-state index in [-0.39, 0.29) is 17.0 Å². The van der Waals surface area contributed by atoms with Gasteiger partial charge in [0, 0.05) is 18.7 Å². The predicted molar refractivity (Wildman–Crippen MR) is 107 cm³/mol. The summed E-state index contributed by atoms with van der Waals surface area (Å²) in [6.45, 7) is 2.67. The molecular formula is C23H22N2O5. The van der Waals surface area contributed by atoms with E-state index in [1.807, 2.05) is 6.07 Å². The standard InChI is InChI=1S/C23H22N2O5/c1-15(25-20(26)17-11-5-6-12-18(17)21(25)27)23(29)30-19(16-9-3-2-4-10-16)22(28)24-13-7-8-14-24/h2-6,9-12,15,19H,7-8,13-14H2,1H3/t15-,19-/m1/s1. The van der Waals surface area contributed by atoms with Crippen molar-refractivity contribution in [2.75, 3.05) is 13.1 Å². The minimum atomic E-state index is -1.16. The van der Waals surface area contributed by atoms with Gasteiger partial charge in [0.25, 0.3) is 17.7 Å². The topological polar surface area (TPSA) is 84.0 Å². The van der Waals surface area contributed by atoms with Gasteiger partial charge in [0.05, 0.1) is 11.1 Å². The van der Waals surface area contributed by atoms with Crippen LogP contribution in [-0.2, 0) is 14.3 Å². The fraction of sp³-hybridized carbons (Fsp3) is 0.304. The number of nitrogens with zero attached hydrogens (tertiary/aromatic N) is 2. The molecule has 0 spiro atoms. The summed E-state index contributed by atoms with van der Waals surface area (Å²) in [5, 5.41) is 0. The maximum absolute atomic E-state index is 13.0. The van der Waals surface area contributed by atoms with Crippen molar-refractivity contribution in [2.45, 2.75) is 31.9 Å². The third kappa shape index (κ3) is 3.47. The number of esters is 1. The molecule has 0 aromatic heterocycles. The van der Waals surface area contributed by atoms with Crippen LogP contribution in [0.25, 0.3) is 0 Å². The Morgan fingerprint density at radius 3 is 1.97 bits per heavy atom. The molecule has 7 nitrogen and oxygen atoms in total. The first-order valence-corrected chi connectivity index (χ1v) is 10.00. The van der Waals surface area contributed by atoms with Gasteiger partial charge >= 0.3 is 5.97 Å². The number of fused-ring (bicyclic) bond motifs is 1. The van der Waals surface area contributed by atoms with Gasteiger partial charge in [0.15, 0.2) is 0 Å². The average Bonchev–Trinajstić information content (AvgIpc) is 3.39. The summed E-state index contributed by atoms with van der Waals surface area (Å²) in [7, 11) is 0. The van der Waals surface area contributed by atoms with Crippen molar-refractivity contribution in [2.24, 2.45) is 0 Å². The second-order valence-corrected chi connectivity index (χ2v) is 7.46. The van der Waals surface area contributed by atoms with Crippen LogP contribution in [-0.4, -0.2) is 52.6 Å². The number of hydrogen-bond acceptors (Lipinski definition) is 5.